The maximum absolute atomic E-state index is 14.2. The van der Waals surface area contributed by atoms with E-state index in [4.69, 9.17) is 15.2 Å². The van der Waals surface area contributed by atoms with Crippen molar-refractivity contribution in [2.24, 2.45) is 29.4 Å². The van der Waals surface area contributed by atoms with Crippen LogP contribution in [0.1, 0.15) is 92.7 Å². The molecule has 12 nitrogen and oxygen atoms in total. The fourth-order valence-electron chi connectivity index (χ4n) is 7.83. The normalized spacial score (nSPS) is 20.0. The summed E-state index contributed by atoms with van der Waals surface area (Å²) < 4.78 is 25.4. The quantitative estimate of drug-likeness (QED) is 0.182. The van der Waals surface area contributed by atoms with Gasteiger partial charge in [0, 0.05) is 39.9 Å². The van der Waals surface area contributed by atoms with Crippen LogP contribution in [0.5, 0.6) is 0 Å². The van der Waals surface area contributed by atoms with Gasteiger partial charge in [0.1, 0.15) is 11.9 Å². The number of hydrogen-bond donors (Lipinski definition) is 3. The molecule has 302 valence electrons. The lowest BCUT2D eigenvalue weighted by Crippen LogP contribution is -2.59. The number of nitrogens with two attached hydrogens (primary N) is 1. The third-order valence-electron chi connectivity index (χ3n) is 11.1. The SMILES string of the molecule is CC[C@H](C)C([C@@H](CC(=O)N1CCC[C@H]1[C@H](OC)[C@@H](C)C(=O)N[C@H](C)C(N)c1ccc(F)cc1)OC)N(C)C(=O)[C@@H](NC(=O)[C@H](C(C)C)N(C)C)C(C)C. The summed E-state index contributed by atoms with van der Waals surface area (Å²) in [6.45, 7) is 15.9. The van der Waals surface area contributed by atoms with E-state index >= 15 is 0 Å². The maximum atomic E-state index is 14.2. The van der Waals surface area contributed by atoms with Crippen molar-refractivity contribution in [3.8, 4) is 0 Å². The van der Waals surface area contributed by atoms with Gasteiger partial charge in [-0.2, -0.15) is 0 Å². The number of benzene rings is 1. The zero-order chi connectivity index (χ0) is 40.3. The molecule has 0 radical (unpaired) electrons. The number of halogens is 1. The molecule has 53 heavy (non-hydrogen) atoms. The van der Waals surface area contributed by atoms with Crippen LogP contribution in [0.25, 0.3) is 0 Å². The van der Waals surface area contributed by atoms with E-state index in [1.807, 2.05) is 60.5 Å². The zero-order valence-electron chi connectivity index (χ0n) is 34.5. The molecule has 1 saturated heterocycles. The number of likely N-dealkylation sites (N-methyl/N-ethyl adjacent to an activating group) is 2. The van der Waals surface area contributed by atoms with Gasteiger partial charge in [-0.1, -0.05) is 67.0 Å². The molecule has 1 aromatic rings. The molecule has 0 aromatic heterocycles. The fraction of sp³-hybridized carbons (Fsp3) is 0.750. The number of likely N-dealkylation sites (tertiary alicyclic amines) is 1. The lowest BCUT2D eigenvalue weighted by Gasteiger charge is -2.41. The second-order valence-electron chi connectivity index (χ2n) is 15.8. The molecule has 0 aliphatic carbocycles. The molecule has 4 N–H and O–H groups in total. The number of nitrogens with zero attached hydrogens (tertiary/aromatic N) is 3. The van der Waals surface area contributed by atoms with Crippen molar-refractivity contribution in [2.45, 2.75) is 130 Å². The summed E-state index contributed by atoms with van der Waals surface area (Å²) in [6, 6.07) is 2.93. The van der Waals surface area contributed by atoms with Gasteiger partial charge in [0.2, 0.25) is 23.6 Å². The summed E-state index contributed by atoms with van der Waals surface area (Å²) in [5, 5.41) is 6.02. The smallest absolute Gasteiger partial charge is 0.245 e. The van der Waals surface area contributed by atoms with Gasteiger partial charge < -0.3 is 35.6 Å². The predicted octanol–water partition coefficient (Wildman–Crippen LogP) is 3.98. The number of amides is 4. The van der Waals surface area contributed by atoms with Crippen LogP contribution in [0.3, 0.4) is 0 Å². The lowest BCUT2D eigenvalue weighted by atomic mass is 9.89. The Morgan fingerprint density at radius 2 is 1.53 bits per heavy atom. The van der Waals surface area contributed by atoms with Gasteiger partial charge >= 0.3 is 0 Å². The van der Waals surface area contributed by atoms with Crippen LogP contribution in [0.2, 0.25) is 0 Å². The van der Waals surface area contributed by atoms with Crippen LogP contribution in [0.4, 0.5) is 4.39 Å². The summed E-state index contributed by atoms with van der Waals surface area (Å²) in [6.07, 6.45) is 0.961. The molecule has 2 unspecified atom stereocenters. The Balaban J connectivity index is 2.25. The predicted molar refractivity (Wildman–Crippen MR) is 206 cm³/mol. The Morgan fingerprint density at radius 1 is 0.925 bits per heavy atom. The van der Waals surface area contributed by atoms with Crippen molar-refractivity contribution in [1.29, 1.82) is 0 Å². The van der Waals surface area contributed by atoms with E-state index < -0.39 is 48.3 Å². The average Bonchev–Trinajstić information content (AvgIpc) is 3.59. The molecule has 13 heteroatoms. The second kappa shape index (κ2) is 21.1. The lowest BCUT2D eigenvalue weighted by molar-refractivity contribution is -0.148. The molecule has 1 fully saturated rings. The third-order valence-corrected chi connectivity index (χ3v) is 11.1. The van der Waals surface area contributed by atoms with Crippen molar-refractivity contribution in [1.82, 2.24) is 25.3 Å². The minimum Gasteiger partial charge on any atom is -0.379 e. The first-order chi connectivity index (χ1) is 24.8. The summed E-state index contributed by atoms with van der Waals surface area (Å²) in [5.74, 6) is -1.97. The highest BCUT2D eigenvalue weighted by Crippen LogP contribution is 2.30. The Bertz CT molecular complexity index is 1320. The number of carbonyl (C=O) groups excluding carboxylic acids is 4. The highest BCUT2D eigenvalue weighted by atomic mass is 19.1. The van der Waals surface area contributed by atoms with Gasteiger partial charge in [0.25, 0.3) is 0 Å². The van der Waals surface area contributed by atoms with Crippen molar-refractivity contribution >= 4 is 23.6 Å². The molecule has 1 aliphatic heterocycles. The molecule has 1 aromatic carbocycles. The number of ether oxygens (including phenoxy) is 2. The first-order valence-corrected chi connectivity index (χ1v) is 19.2. The molecule has 1 aliphatic rings. The zero-order valence-corrected chi connectivity index (χ0v) is 34.5. The average molecular weight is 749 g/mol. The molecule has 10 atom stereocenters. The number of methoxy groups -OCH3 is 2. The molecule has 0 spiro atoms. The standard InChI is InChI=1S/C40H69FN6O6/c1-14-25(6)36(46(11)40(51)34(23(2)3)44-39(50)35(24(4)5)45(9)10)31(52-12)22-32(48)47-21-15-16-30(47)37(53-13)26(7)38(49)43-27(8)33(42)28-17-19-29(41)20-18-28/h17-20,23-27,30-31,33-37H,14-16,21-22,42H2,1-13H3,(H,43,49)(H,44,50)/t25-,26+,27+,30-,31+,33?,34-,35-,36?,37+/m0/s1. The van der Waals surface area contributed by atoms with E-state index in [9.17, 15) is 23.6 Å². The Morgan fingerprint density at radius 3 is 2.02 bits per heavy atom. The largest absolute Gasteiger partial charge is 0.379 e. The Labute approximate surface area is 318 Å². The first kappa shape index (κ1) is 46.0. The molecule has 4 amide bonds. The van der Waals surface area contributed by atoms with Gasteiger partial charge in [-0.25, -0.2) is 4.39 Å². The van der Waals surface area contributed by atoms with E-state index in [1.165, 1.54) is 12.1 Å². The van der Waals surface area contributed by atoms with Gasteiger partial charge in [-0.3, -0.25) is 24.1 Å². The summed E-state index contributed by atoms with van der Waals surface area (Å²) in [5.41, 5.74) is 7.09. The van der Waals surface area contributed by atoms with Gasteiger partial charge in [0.15, 0.2) is 0 Å². The molecular formula is C40H69FN6O6. The van der Waals surface area contributed by atoms with Crippen LogP contribution in [-0.4, -0.2) is 123 Å². The molecule has 0 bridgehead atoms. The molecule has 2 rings (SSSR count). The summed E-state index contributed by atoms with van der Waals surface area (Å²) >= 11 is 0. The minimum atomic E-state index is -0.764. The second-order valence-corrected chi connectivity index (χ2v) is 15.8. The Kier molecular flexibility index (Phi) is 18.3. The number of carbonyl (C=O) groups is 4. The van der Waals surface area contributed by atoms with Crippen LogP contribution < -0.4 is 16.4 Å². The molecular weight excluding hydrogens is 679 g/mol. The summed E-state index contributed by atoms with van der Waals surface area (Å²) in [7, 11) is 8.54. The Hall–Kier alpha value is -3.13. The van der Waals surface area contributed by atoms with E-state index in [-0.39, 0.29) is 59.7 Å². The fourth-order valence-corrected chi connectivity index (χ4v) is 7.83. The number of hydrogen-bond acceptors (Lipinski definition) is 8. The van der Waals surface area contributed by atoms with E-state index in [2.05, 4.69) is 10.6 Å². The minimum absolute atomic E-state index is 0.0228. The van der Waals surface area contributed by atoms with Crippen molar-refractivity contribution in [3.63, 3.8) is 0 Å². The van der Waals surface area contributed by atoms with Gasteiger partial charge in [0.05, 0.1) is 42.7 Å². The maximum Gasteiger partial charge on any atom is 0.245 e. The number of nitrogens with one attached hydrogen (secondary N) is 2. The molecule has 1 heterocycles. The summed E-state index contributed by atoms with van der Waals surface area (Å²) in [4.78, 5) is 60.6. The first-order valence-electron chi connectivity index (χ1n) is 19.2. The van der Waals surface area contributed by atoms with E-state index in [0.717, 1.165) is 12.8 Å². The van der Waals surface area contributed by atoms with Gasteiger partial charge in [-0.15, -0.1) is 0 Å². The monoisotopic (exact) mass is 749 g/mol. The number of rotatable bonds is 20. The molecule has 0 saturated carbocycles. The topological polar surface area (TPSA) is 147 Å². The van der Waals surface area contributed by atoms with Gasteiger partial charge in [-0.05, 0) is 69.3 Å². The third kappa shape index (κ3) is 11.9. The van der Waals surface area contributed by atoms with Crippen LogP contribution in [0.15, 0.2) is 24.3 Å². The van der Waals surface area contributed by atoms with Crippen LogP contribution >= 0.6 is 0 Å². The van der Waals surface area contributed by atoms with Crippen LogP contribution in [-0.2, 0) is 28.7 Å². The van der Waals surface area contributed by atoms with Crippen molar-refractivity contribution < 1.29 is 33.0 Å². The van der Waals surface area contributed by atoms with Crippen molar-refractivity contribution in [3.05, 3.63) is 35.6 Å². The van der Waals surface area contributed by atoms with E-state index in [0.29, 0.717) is 18.5 Å². The van der Waals surface area contributed by atoms with Crippen LogP contribution in [0, 0.1) is 29.5 Å². The van der Waals surface area contributed by atoms with E-state index in [1.54, 1.807) is 57.0 Å². The highest BCUT2D eigenvalue weighted by molar-refractivity contribution is 5.90. The highest BCUT2D eigenvalue weighted by Gasteiger charge is 2.43. The van der Waals surface area contributed by atoms with Crippen molar-refractivity contribution in [2.75, 3.05) is 41.9 Å².